The molecule has 0 aliphatic heterocycles. The molecule has 0 radical (unpaired) electrons. The highest BCUT2D eigenvalue weighted by Gasteiger charge is 2.30. The van der Waals surface area contributed by atoms with Gasteiger partial charge in [-0.15, -0.1) is 0 Å². The highest BCUT2D eigenvalue weighted by Crippen LogP contribution is 2.11. The van der Waals surface area contributed by atoms with Crippen molar-refractivity contribution in [2.45, 2.75) is 82.6 Å². The Morgan fingerprint density at radius 2 is 1.19 bits per heavy atom. The molecule has 0 heterocycles. The quantitative estimate of drug-likeness (QED) is 0.0244. The van der Waals surface area contributed by atoms with Crippen LogP contribution >= 0.6 is 11.8 Å². The summed E-state index contributed by atoms with van der Waals surface area (Å²) in [5, 5.41) is 36.4. The van der Waals surface area contributed by atoms with Crippen LogP contribution in [0.2, 0.25) is 0 Å². The third-order valence-electron chi connectivity index (χ3n) is 9.12. The van der Waals surface area contributed by atoms with Crippen molar-refractivity contribution >= 4 is 65.0 Å². The second kappa shape index (κ2) is 28.2. The summed E-state index contributed by atoms with van der Waals surface area (Å²) in [5.74, 6) is -6.06. The van der Waals surface area contributed by atoms with Crippen LogP contribution < -0.4 is 54.4 Å². The number of thioether (sulfide) groups is 1. The normalized spacial score (nSPS) is 13.2. The van der Waals surface area contributed by atoms with E-state index in [1.165, 1.54) is 23.9 Å². The molecule has 7 amide bonds. The summed E-state index contributed by atoms with van der Waals surface area (Å²) >= 11 is 1.39. The van der Waals surface area contributed by atoms with Gasteiger partial charge in [0.15, 0.2) is 5.96 Å². The molecule has 0 aliphatic carbocycles. The average Bonchev–Trinajstić information content (AvgIpc) is 3.23. The van der Waals surface area contributed by atoms with Gasteiger partial charge in [-0.1, -0.05) is 56.3 Å². The summed E-state index contributed by atoms with van der Waals surface area (Å²) in [5.41, 5.74) is 18.2. The molecule has 0 saturated carbocycles. The molecule has 15 N–H and O–H groups in total. The maximum absolute atomic E-state index is 13.9. The fourth-order valence-corrected chi connectivity index (χ4v) is 6.34. The monoisotopic (exact) mass is 899 g/mol. The predicted octanol–water partition coefficient (Wildman–Crippen LogP) is -2.27. The van der Waals surface area contributed by atoms with Gasteiger partial charge in [0.05, 0.1) is 25.7 Å². The van der Waals surface area contributed by atoms with Crippen LogP contribution in [-0.4, -0.2) is 132 Å². The SMILES string of the molecule is CSCC[C@@H](NC(=O)[C@@H](Cc1ccccc1)NC(=O)CNC(=O)CNC(=O)[C@H](N)Cc1ccc(O)cc1)C(=O)N[C@H](CCCN=C(N)N)C(=O)NCC(=O)N[C@H](CC(C)C)C(=O)O. The molecule has 21 nitrogen and oxygen atoms in total. The Hall–Kier alpha value is -6.42. The molecule has 0 spiro atoms. The number of hydrogen-bond acceptors (Lipinski definition) is 12. The molecule has 5 atom stereocenters. The van der Waals surface area contributed by atoms with Gasteiger partial charge in [0.1, 0.15) is 29.9 Å². The number of nitrogens with one attached hydrogen (secondary N) is 7. The lowest BCUT2D eigenvalue weighted by molar-refractivity contribution is -0.142. The van der Waals surface area contributed by atoms with Gasteiger partial charge in [0.25, 0.3) is 0 Å². The Morgan fingerprint density at radius 1 is 0.651 bits per heavy atom. The van der Waals surface area contributed by atoms with Crippen molar-refractivity contribution in [1.29, 1.82) is 0 Å². The fourth-order valence-electron chi connectivity index (χ4n) is 5.87. The van der Waals surface area contributed by atoms with Crippen LogP contribution in [0.4, 0.5) is 0 Å². The van der Waals surface area contributed by atoms with E-state index in [4.69, 9.17) is 17.2 Å². The summed E-state index contributed by atoms with van der Waals surface area (Å²) < 4.78 is 0. The minimum atomic E-state index is -1.23. The minimum absolute atomic E-state index is 0.00397. The zero-order valence-electron chi connectivity index (χ0n) is 35.7. The summed E-state index contributed by atoms with van der Waals surface area (Å²) in [4.78, 5) is 107. The van der Waals surface area contributed by atoms with E-state index < -0.39 is 97.2 Å². The molecule has 0 aliphatic rings. The number of aromatic hydroxyl groups is 1. The van der Waals surface area contributed by atoms with Crippen LogP contribution in [0.1, 0.15) is 50.7 Å². The topological polar surface area (TPSA) is 352 Å². The Balaban J connectivity index is 2.14. The van der Waals surface area contributed by atoms with Crippen LogP contribution in [0.3, 0.4) is 0 Å². The number of carbonyl (C=O) groups is 8. The highest BCUT2D eigenvalue weighted by molar-refractivity contribution is 7.98. The molecule has 346 valence electrons. The first kappa shape index (κ1) is 52.7. The van der Waals surface area contributed by atoms with E-state index in [1.807, 2.05) is 0 Å². The van der Waals surface area contributed by atoms with Gasteiger partial charge in [-0.25, -0.2) is 4.79 Å². The van der Waals surface area contributed by atoms with Gasteiger partial charge in [-0.2, -0.15) is 11.8 Å². The third-order valence-corrected chi connectivity index (χ3v) is 9.76. The summed E-state index contributed by atoms with van der Waals surface area (Å²) in [6.45, 7) is 2.07. The number of guanidine groups is 1. The largest absolute Gasteiger partial charge is 0.508 e. The molecule has 0 aromatic heterocycles. The van der Waals surface area contributed by atoms with Crippen molar-refractivity contribution in [3.8, 4) is 5.75 Å². The van der Waals surface area contributed by atoms with Crippen molar-refractivity contribution in [3.63, 3.8) is 0 Å². The number of carboxylic acids is 1. The van der Waals surface area contributed by atoms with Crippen LogP contribution in [0, 0.1) is 5.92 Å². The van der Waals surface area contributed by atoms with Gasteiger partial charge in [-0.05, 0) is 73.3 Å². The number of nitrogens with zero attached hydrogens (tertiary/aromatic N) is 1. The van der Waals surface area contributed by atoms with Crippen molar-refractivity contribution in [3.05, 3.63) is 65.7 Å². The van der Waals surface area contributed by atoms with E-state index in [2.05, 4.69) is 42.2 Å². The second-order valence-electron chi connectivity index (χ2n) is 14.9. The van der Waals surface area contributed by atoms with Crippen LogP contribution in [0.25, 0.3) is 0 Å². The van der Waals surface area contributed by atoms with Gasteiger partial charge < -0.3 is 64.6 Å². The maximum atomic E-state index is 13.9. The molecule has 0 saturated heterocycles. The second-order valence-corrected chi connectivity index (χ2v) is 15.9. The molecule has 63 heavy (non-hydrogen) atoms. The predicted molar refractivity (Wildman–Crippen MR) is 237 cm³/mol. The van der Waals surface area contributed by atoms with E-state index in [0.717, 1.165) is 0 Å². The number of rotatable bonds is 28. The number of aliphatic imine (C=N–C) groups is 1. The number of hydrogen-bond donors (Lipinski definition) is 12. The smallest absolute Gasteiger partial charge is 0.326 e. The van der Waals surface area contributed by atoms with Crippen molar-refractivity contribution in [1.82, 2.24) is 37.2 Å². The number of benzene rings is 2. The zero-order valence-corrected chi connectivity index (χ0v) is 36.5. The highest BCUT2D eigenvalue weighted by atomic mass is 32.2. The lowest BCUT2D eigenvalue weighted by Gasteiger charge is -2.25. The van der Waals surface area contributed by atoms with Crippen molar-refractivity contribution in [2.75, 3.05) is 38.2 Å². The number of phenolic OH excluding ortho intramolecular Hbond substituents is 1. The van der Waals surface area contributed by atoms with Gasteiger partial charge >= 0.3 is 5.97 Å². The average molecular weight is 900 g/mol. The number of carbonyl (C=O) groups excluding carboxylic acids is 7. The van der Waals surface area contributed by atoms with Crippen LogP contribution in [-0.2, 0) is 51.2 Å². The van der Waals surface area contributed by atoms with E-state index >= 15 is 0 Å². The first-order chi connectivity index (χ1) is 29.9. The van der Waals surface area contributed by atoms with E-state index in [-0.39, 0.29) is 62.7 Å². The zero-order chi connectivity index (χ0) is 46.9. The molecular formula is C41H61N11O10S. The number of nitrogens with two attached hydrogens (primary N) is 3. The Bertz CT molecular complexity index is 1860. The van der Waals surface area contributed by atoms with Crippen LogP contribution in [0.15, 0.2) is 59.6 Å². The van der Waals surface area contributed by atoms with Gasteiger partial charge in [-0.3, -0.25) is 38.6 Å². The fraction of sp³-hybridized carbons (Fsp3) is 0.488. The van der Waals surface area contributed by atoms with Gasteiger partial charge in [0.2, 0.25) is 41.4 Å². The maximum Gasteiger partial charge on any atom is 0.326 e. The third kappa shape index (κ3) is 21.8. The number of aliphatic carboxylic acids is 1. The standard InChI is InChI=1S/C41H61N11O10S/c1-24(2)18-32(40(61)62)50-35(56)23-48-37(58)29(10-7-16-45-41(43)44)51-38(59)30(15-17-63-3)52-39(60)31(20-25-8-5-4-6-9-25)49-34(55)22-46-33(54)21-47-36(57)28(42)19-26-11-13-27(53)14-12-26/h4-6,8-9,11-14,24,28-32,53H,7,10,15-23,42H2,1-3H3,(H,46,54)(H,47,57)(H,48,58)(H,49,55)(H,50,56)(H,51,59)(H,52,60)(H,61,62)(H4,43,44,45)/t28-,29-,30-,31-,32-/m1/s1. The Labute approximate surface area is 370 Å². The lowest BCUT2D eigenvalue weighted by Crippen LogP contribution is -2.58. The molecule has 0 bridgehead atoms. The first-order valence-electron chi connectivity index (χ1n) is 20.2. The lowest BCUT2D eigenvalue weighted by atomic mass is 10.0. The van der Waals surface area contributed by atoms with Gasteiger partial charge in [0, 0.05) is 13.0 Å². The molecule has 22 heteroatoms. The number of carboxylic acid groups (broad SMARTS) is 1. The van der Waals surface area contributed by atoms with Crippen LogP contribution in [0.5, 0.6) is 5.75 Å². The Kier molecular flexibility index (Phi) is 23.6. The molecule has 2 aromatic carbocycles. The molecule has 0 unspecified atom stereocenters. The van der Waals surface area contributed by atoms with E-state index in [1.54, 1.807) is 62.6 Å². The Morgan fingerprint density at radius 3 is 1.78 bits per heavy atom. The molecular weight excluding hydrogens is 839 g/mol. The number of phenols is 1. The van der Waals surface area contributed by atoms with E-state index in [9.17, 15) is 48.6 Å². The first-order valence-corrected chi connectivity index (χ1v) is 21.6. The number of amides is 7. The van der Waals surface area contributed by atoms with Crippen molar-refractivity contribution < 1.29 is 48.6 Å². The summed E-state index contributed by atoms with van der Waals surface area (Å²) in [7, 11) is 0. The summed E-state index contributed by atoms with van der Waals surface area (Å²) in [6.07, 6.45) is 2.45. The van der Waals surface area contributed by atoms with E-state index in [0.29, 0.717) is 16.9 Å². The minimum Gasteiger partial charge on any atom is -0.508 e. The molecule has 2 aromatic rings. The summed E-state index contributed by atoms with van der Waals surface area (Å²) in [6, 6.07) is 9.02. The molecule has 2 rings (SSSR count). The van der Waals surface area contributed by atoms with Crippen molar-refractivity contribution in [2.24, 2.45) is 28.1 Å². The molecule has 0 fully saturated rings.